The number of para-hydroxylation sites is 2. The average Bonchev–Trinajstić information content (AvgIpc) is 3.74. The van der Waals surface area contributed by atoms with Gasteiger partial charge in [0.25, 0.3) is 5.56 Å². The number of carbonyl (C=O) groups excluding carboxylic acids is 1. The molecule has 0 spiro atoms. The van der Waals surface area contributed by atoms with Gasteiger partial charge in [0.05, 0.1) is 16.4 Å². The summed E-state index contributed by atoms with van der Waals surface area (Å²) in [4.78, 5) is 34.7. The Morgan fingerprint density at radius 3 is 1.30 bits per heavy atom. The van der Waals surface area contributed by atoms with Crippen LogP contribution in [0.2, 0.25) is 0 Å². The van der Waals surface area contributed by atoms with Gasteiger partial charge in [0.15, 0.2) is 5.78 Å². The number of pyridine rings is 1. The monoisotopic (exact) mass is 904 g/mol. The molecule has 2 aromatic heterocycles. The van der Waals surface area contributed by atoms with Crippen LogP contribution in [0.1, 0.15) is 29.8 Å². The van der Waals surface area contributed by atoms with Crippen LogP contribution in [0.4, 0.5) is 22.7 Å². The molecule has 0 aliphatic rings. The van der Waals surface area contributed by atoms with E-state index < -0.39 is 0 Å². The van der Waals surface area contributed by atoms with Crippen molar-refractivity contribution in [2.24, 2.45) is 0 Å². The highest BCUT2D eigenvalue weighted by atomic mass is 16.5. The molecule has 0 saturated carbocycles. The summed E-state index contributed by atoms with van der Waals surface area (Å²) < 4.78 is 29.7. The molecule has 0 unspecified atom stereocenters. The van der Waals surface area contributed by atoms with Crippen molar-refractivity contribution in [3.05, 3.63) is 174 Å². The Morgan fingerprint density at radius 2 is 0.870 bits per heavy atom. The van der Waals surface area contributed by atoms with E-state index in [0.29, 0.717) is 156 Å². The van der Waals surface area contributed by atoms with Gasteiger partial charge in [0, 0.05) is 76.8 Å². The van der Waals surface area contributed by atoms with Gasteiger partial charge in [-0.15, -0.1) is 0 Å². The molecule has 12 rings (SSSR count). The largest absolute Gasteiger partial charge is 0.457 e. The summed E-state index contributed by atoms with van der Waals surface area (Å²) in [6, 6.07) is 43.1. The predicted octanol–water partition coefficient (Wildman–Crippen LogP) is 13.2. The number of imidazole rings is 1. The first-order valence-electron chi connectivity index (χ1n) is 22.1. The summed E-state index contributed by atoms with van der Waals surface area (Å²) in [7, 11) is 0. The predicted molar refractivity (Wildman–Crippen MR) is 277 cm³/mol. The maximum absolute atomic E-state index is 15.4. The fourth-order valence-electron chi connectivity index (χ4n) is 9.63. The van der Waals surface area contributed by atoms with E-state index in [2.05, 4.69) is 6.58 Å². The van der Waals surface area contributed by atoms with Crippen molar-refractivity contribution in [3.63, 3.8) is 0 Å². The van der Waals surface area contributed by atoms with Gasteiger partial charge in [-0.25, -0.2) is 4.98 Å². The zero-order chi connectivity index (χ0) is 47.4. The lowest BCUT2D eigenvalue weighted by atomic mass is 9.82. The molecule has 0 radical (unpaired) electrons. The molecule has 0 fully saturated rings. The van der Waals surface area contributed by atoms with Crippen LogP contribution >= 0.6 is 0 Å². The van der Waals surface area contributed by atoms with Crippen molar-refractivity contribution in [1.82, 2.24) is 9.38 Å². The van der Waals surface area contributed by atoms with Gasteiger partial charge in [-0.3, -0.25) is 14.0 Å². The lowest BCUT2D eigenvalue weighted by Gasteiger charge is -2.26. The van der Waals surface area contributed by atoms with Gasteiger partial charge in [-0.05, 0) is 153 Å². The zero-order valence-corrected chi connectivity index (χ0v) is 37.2. The van der Waals surface area contributed by atoms with Crippen LogP contribution in [0, 0.1) is 0 Å². The Kier molecular flexibility index (Phi) is 9.05. The van der Waals surface area contributed by atoms with E-state index in [9.17, 15) is 4.79 Å². The number of aromatic nitrogens is 2. The van der Waals surface area contributed by atoms with E-state index in [1.807, 2.05) is 43.3 Å². The summed E-state index contributed by atoms with van der Waals surface area (Å²) in [5.74, 6) is 3.07. The Labute approximate surface area is 392 Å². The first-order valence-corrected chi connectivity index (χ1v) is 22.1. The van der Waals surface area contributed by atoms with Crippen molar-refractivity contribution in [3.8, 4) is 46.0 Å². The van der Waals surface area contributed by atoms with E-state index in [1.165, 1.54) is 6.92 Å². The highest BCUT2D eigenvalue weighted by Crippen LogP contribution is 2.57. The summed E-state index contributed by atoms with van der Waals surface area (Å²) >= 11 is 0. The number of nitrogens with two attached hydrogens (primary N) is 4. The van der Waals surface area contributed by atoms with Crippen LogP contribution in [0.25, 0.3) is 76.1 Å². The third-order valence-corrected chi connectivity index (χ3v) is 12.7. The number of Topliss-reactive ketones (excluding diaryl/α,β-unsaturated/α-hetero) is 1. The molecule has 0 bridgehead atoms. The number of nitrogen functional groups attached to an aromatic ring is 4. The summed E-state index contributed by atoms with van der Waals surface area (Å²) in [5.41, 5.74) is 30.0. The number of benzene rings is 10. The summed E-state index contributed by atoms with van der Waals surface area (Å²) in [6.45, 7) is 7.84. The van der Waals surface area contributed by atoms with E-state index in [0.717, 1.165) is 0 Å². The molecule has 0 aliphatic carbocycles. The molecule has 12 nitrogen and oxygen atoms in total. The standard InChI is InChI=1S/C57H40N6O6/c1-28(2)38-24-44(66-34-16-8-30(58)9-17-34)50-53-47(69-37-22-14-33(61)15-23-37)27-41-49-40(56-62-42-6-4-5-7-43(42)63(56)57(41)65)26-46(68-36-20-12-32(60)13-21-36)52(55(49)53)51-45(67-35-18-10-31(59)11-19-35)25-39(29(3)64)48(38)54(50)51/h4-27H,1,58-61H2,2-3H3. The molecular formula is C57H40N6O6. The van der Waals surface area contributed by atoms with Crippen molar-refractivity contribution >= 4 is 105 Å². The van der Waals surface area contributed by atoms with Crippen LogP contribution in [0.15, 0.2) is 157 Å². The second kappa shape index (κ2) is 15.3. The maximum atomic E-state index is 15.4. The highest BCUT2D eigenvalue weighted by molar-refractivity contribution is 6.43. The molecule has 0 saturated heterocycles. The fourth-order valence-corrected chi connectivity index (χ4v) is 9.63. The second-order valence-electron chi connectivity index (χ2n) is 17.3. The minimum absolute atomic E-state index is 0.221. The van der Waals surface area contributed by atoms with Crippen molar-refractivity contribution in [2.45, 2.75) is 13.8 Å². The second-order valence-corrected chi connectivity index (χ2v) is 17.3. The number of rotatable bonds is 10. The SMILES string of the molecule is C=C(C)c1cc(Oc2ccc(N)cc2)c2c3c(Oc4ccc(N)cc4)cc4c(=O)n5c6ccccc6nc5c5cc(Oc6ccc(N)cc6)c(c6c(Oc7ccc(N)cc7)cc(C(C)=O)c1c26)c3c45. The molecular weight excluding hydrogens is 865 g/mol. The van der Waals surface area contributed by atoms with E-state index in [-0.39, 0.29) is 11.3 Å². The molecule has 8 N–H and O–H groups in total. The van der Waals surface area contributed by atoms with Gasteiger partial charge in [-0.1, -0.05) is 24.3 Å². The Hall–Kier alpha value is -9.55. The lowest BCUT2D eigenvalue weighted by molar-refractivity contribution is 0.101. The summed E-state index contributed by atoms with van der Waals surface area (Å²) in [5, 5.41) is 5.57. The number of ketones is 1. The van der Waals surface area contributed by atoms with Crippen molar-refractivity contribution in [1.29, 1.82) is 0 Å². The number of carbonyl (C=O) groups is 1. The molecule has 0 aliphatic heterocycles. The molecule has 10 aromatic carbocycles. The number of fused-ring (bicyclic) bond motifs is 6. The van der Waals surface area contributed by atoms with Crippen LogP contribution < -0.4 is 47.4 Å². The number of ether oxygens (including phenoxy) is 4. The van der Waals surface area contributed by atoms with Gasteiger partial charge < -0.3 is 41.9 Å². The number of nitrogens with zero attached hydrogens (tertiary/aromatic N) is 2. The van der Waals surface area contributed by atoms with Gasteiger partial charge in [-0.2, -0.15) is 0 Å². The Morgan fingerprint density at radius 1 is 0.478 bits per heavy atom. The number of allylic oxidation sites excluding steroid dienone is 1. The smallest absolute Gasteiger partial charge is 0.264 e. The zero-order valence-electron chi connectivity index (χ0n) is 37.2. The van der Waals surface area contributed by atoms with E-state index >= 15 is 4.79 Å². The number of anilines is 4. The first kappa shape index (κ1) is 40.9. The molecule has 12 aromatic rings. The third-order valence-electron chi connectivity index (χ3n) is 12.7. The van der Waals surface area contributed by atoms with E-state index in [4.69, 9.17) is 46.9 Å². The van der Waals surface area contributed by atoms with Gasteiger partial charge in [0.2, 0.25) is 0 Å². The van der Waals surface area contributed by atoms with E-state index in [1.54, 1.807) is 114 Å². The Bertz CT molecular complexity index is 4050. The normalized spacial score (nSPS) is 11.7. The molecule has 12 heteroatoms. The van der Waals surface area contributed by atoms with Crippen LogP contribution in [0.3, 0.4) is 0 Å². The quantitative estimate of drug-likeness (QED) is 0.0442. The Balaban J connectivity index is 1.39. The number of hydrogen-bond acceptors (Lipinski definition) is 11. The minimum Gasteiger partial charge on any atom is -0.457 e. The highest BCUT2D eigenvalue weighted by Gasteiger charge is 2.32. The number of hydrogen-bond donors (Lipinski definition) is 4. The molecule has 334 valence electrons. The minimum atomic E-state index is -0.310. The van der Waals surface area contributed by atoms with Gasteiger partial charge >= 0.3 is 0 Å². The van der Waals surface area contributed by atoms with Crippen molar-refractivity contribution < 1.29 is 23.7 Å². The van der Waals surface area contributed by atoms with Crippen LogP contribution in [0.5, 0.6) is 46.0 Å². The van der Waals surface area contributed by atoms with Gasteiger partial charge in [0.1, 0.15) is 51.6 Å². The summed E-state index contributed by atoms with van der Waals surface area (Å²) in [6.07, 6.45) is 0. The topological polar surface area (TPSA) is 192 Å². The lowest BCUT2D eigenvalue weighted by Crippen LogP contribution is -2.14. The maximum Gasteiger partial charge on any atom is 0.264 e. The van der Waals surface area contributed by atoms with Crippen LogP contribution in [-0.4, -0.2) is 15.2 Å². The average molecular weight is 905 g/mol. The fraction of sp³-hybridized carbons (Fsp3) is 0.0351. The molecule has 2 heterocycles. The van der Waals surface area contributed by atoms with Crippen LogP contribution in [-0.2, 0) is 0 Å². The molecule has 0 amide bonds. The van der Waals surface area contributed by atoms with Crippen molar-refractivity contribution in [2.75, 3.05) is 22.9 Å². The first-order chi connectivity index (χ1) is 33.4. The molecule has 69 heavy (non-hydrogen) atoms. The third kappa shape index (κ3) is 6.49. The molecule has 0 atom stereocenters.